The van der Waals surface area contributed by atoms with Crippen LogP contribution in [0.4, 0.5) is 15.8 Å². The minimum Gasteiger partial charge on any atom is -0.389 e. The molecule has 0 unspecified atom stereocenters. The Hall–Kier alpha value is -1.46. The van der Waals surface area contributed by atoms with Gasteiger partial charge in [-0.05, 0) is 58.7 Å². The third kappa shape index (κ3) is 3.30. The Morgan fingerprint density at radius 2 is 1.95 bits per heavy atom. The number of rotatable bonds is 3. The van der Waals surface area contributed by atoms with Crippen LogP contribution in [0.3, 0.4) is 0 Å². The molecule has 0 fully saturated rings. The van der Waals surface area contributed by atoms with Crippen LogP contribution in [0.25, 0.3) is 0 Å². The van der Waals surface area contributed by atoms with Crippen LogP contribution in [0.5, 0.6) is 0 Å². The Bertz CT molecular complexity index is 643. The first-order valence-corrected chi connectivity index (χ1v) is 6.80. The molecule has 0 amide bonds. The van der Waals surface area contributed by atoms with E-state index in [1.807, 2.05) is 25.1 Å². The summed E-state index contributed by atoms with van der Waals surface area (Å²) in [5.74, 6) is -0.364. The number of aryl methyl sites for hydroxylation is 1. The molecule has 2 rings (SSSR count). The molecule has 0 saturated carbocycles. The lowest BCUT2D eigenvalue weighted by atomic mass is 10.1. The Kier molecular flexibility index (Phi) is 4.17. The second kappa shape index (κ2) is 5.67. The molecule has 0 radical (unpaired) electrons. The fourth-order valence-electron chi connectivity index (χ4n) is 1.71. The highest BCUT2D eigenvalue weighted by atomic mass is 79.9. The zero-order valence-electron chi connectivity index (χ0n) is 10.2. The molecule has 0 aliphatic rings. The van der Waals surface area contributed by atoms with Crippen molar-refractivity contribution in [2.45, 2.75) is 6.92 Å². The minimum absolute atomic E-state index is 0.158. The first-order valence-electron chi connectivity index (χ1n) is 5.60. The number of nitrogens with two attached hydrogens (primary N) is 1. The second-order valence-electron chi connectivity index (χ2n) is 4.16. The summed E-state index contributed by atoms with van der Waals surface area (Å²) in [4.78, 5) is 0.158. The van der Waals surface area contributed by atoms with Crippen LogP contribution < -0.4 is 11.1 Å². The van der Waals surface area contributed by atoms with E-state index in [4.69, 9.17) is 18.0 Å². The molecule has 2 aromatic rings. The Balaban J connectivity index is 2.43. The Morgan fingerprint density at radius 1 is 1.21 bits per heavy atom. The SMILES string of the molecule is Cc1ccc(Br)c(Nc2ccc(F)cc2C(N)=S)c1. The van der Waals surface area contributed by atoms with Gasteiger partial charge in [0.1, 0.15) is 10.8 Å². The van der Waals surface area contributed by atoms with E-state index in [0.29, 0.717) is 11.3 Å². The van der Waals surface area contributed by atoms with Gasteiger partial charge in [0.15, 0.2) is 0 Å². The smallest absolute Gasteiger partial charge is 0.124 e. The van der Waals surface area contributed by atoms with Gasteiger partial charge < -0.3 is 11.1 Å². The monoisotopic (exact) mass is 338 g/mol. The highest BCUT2D eigenvalue weighted by molar-refractivity contribution is 9.10. The number of hydrogen-bond donors (Lipinski definition) is 2. The topological polar surface area (TPSA) is 38.0 Å². The molecule has 19 heavy (non-hydrogen) atoms. The van der Waals surface area contributed by atoms with Crippen LogP contribution in [0.15, 0.2) is 40.9 Å². The van der Waals surface area contributed by atoms with Gasteiger partial charge >= 0.3 is 0 Å². The van der Waals surface area contributed by atoms with E-state index in [0.717, 1.165) is 15.7 Å². The zero-order chi connectivity index (χ0) is 14.0. The summed E-state index contributed by atoms with van der Waals surface area (Å²) in [5, 5.41) is 3.21. The third-order valence-electron chi connectivity index (χ3n) is 2.64. The first kappa shape index (κ1) is 14.0. The van der Waals surface area contributed by atoms with Crippen molar-refractivity contribution in [2.24, 2.45) is 5.73 Å². The molecule has 0 spiro atoms. The molecule has 0 aliphatic carbocycles. The maximum atomic E-state index is 13.2. The number of benzene rings is 2. The highest BCUT2D eigenvalue weighted by Gasteiger charge is 2.09. The molecule has 0 heterocycles. The van der Waals surface area contributed by atoms with Crippen molar-refractivity contribution in [2.75, 3.05) is 5.32 Å². The van der Waals surface area contributed by atoms with E-state index in [1.165, 1.54) is 12.1 Å². The summed E-state index contributed by atoms with van der Waals surface area (Å²) in [5.41, 5.74) is 8.78. The molecule has 5 heteroatoms. The van der Waals surface area contributed by atoms with Crippen molar-refractivity contribution in [3.05, 3.63) is 57.8 Å². The molecular weight excluding hydrogens is 327 g/mol. The number of hydrogen-bond acceptors (Lipinski definition) is 2. The Morgan fingerprint density at radius 3 is 2.63 bits per heavy atom. The van der Waals surface area contributed by atoms with Gasteiger partial charge in [-0.2, -0.15) is 0 Å². The number of anilines is 2. The van der Waals surface area contributed by atoms with E-state index in [-0.39, 0.29) is 10.8 Å². The highest BCUT2D eigenvalue weighted by Crippen LogP contribution is 2.28. The van der Waals surface area contributed by atoms with Crippen molar-refractivity contribution < 1.29 is 4.39 Å². The van der Waals surface area contributed by atoms with Crippen molar-refractivity contribution in [1.82, 2.24) is 0 Å². The fourth-order valence-corrected chi connectivity index (χ4v) is 2.22. The van der Waals surface area contributed by atoms with Gasteiger partial charge in [-0.15, -0.1) is 0 Å². The fraction of sp³-hybridized carbons (Fsp3) is 0.0714. The predicted octanol–water partition coefficient (Wildman–Crippen LogP) is 4.27. The van der Waals surface area contributed by atoms with Crippen LogP contribution in [-0.4, -0.2) is 4.99 Å². The third-order valence-corrected chi connectivity index (χ3v) is 3.55. The lowest BCUT2D eigenvalue weighted by Crippen LogP contribution is -2.12. The molecule has 0 aromatic heterocycles. The van der Waals surface area contributed by atoms with Gasteiger partial charge in [0, 0.05) is 15.7 Å². The minimum atomic E-state index is -0.364. The van der Waals surface area contributed by atoms with Crippen LogP contribution in [0.2, 0.25) is 0 Å². The predicted molar refractivity (Wildman–Crippen MR) is 84.4 cm³/mol. The quantitative estimate of drug-likeness (QED) is 0.820. The average molecular weight is 339 g/mol. The lowest BCUT2D eigenvalue weighted by molar-refractivity contribution is 0.628. The molecule has 3 N–H and O–H groups in total. The van der Waals surface area contributed by atoms with E-state index >= 15 is 0 Å². The van der Waals surface area contributed by atoms with Crippen molar-refractivity contribution in [3.63, 3.8) is 0 Å². The van der Waals surface area contributed by atoms with Gasteiger partial charge in [-0.25, -0.2) is 4.39 Å². The maximum Gasteiger partial charge on any atom is 0.124 e. The van der Waals surface area contributed by atoms with Crippen LogP contribution in [0, 0.1) is 12.7 Å². The van der Waals surface area contributed by atoms with Crippen molar-refractivity contribution in [3.8, 4) is 0 Å². The van der Waals surface area contributed by atoms with E-state index in [1.54, 1.807) is 6.07 Å². The van der Waals surface area contributed by atoms with Gasteiger partial charge in [-0.1, -0.05) is 18.3 Å². The summed E-state index contributed by atoms with van der Waals surface area (Å²) in [7, 11) is 0. The molecule has 0 atom stereocenters. The average Bonchev–Trinajstić information content (AvgIpc) is 2.35. The largest absolute Gasteiger partial charge is 0.389 e. The van der Waals surface area contributed by atoms with Crippen LogP contribution in [-0.2, 0) is 0 Å². The van der Waals surface area contributed by atoms with Gasteiger partial charge in [0.25, 0.3) is 0 Å². The summed E-state index contributed by atoms with van der Waals surface area (Å²) >= 11 is 8.41. The summed E-state index contributed by atoms with van der Waals surface area (Å²) in [6.45, 7) is 2.00. The van der Waals surface area contributed by atoms with Crippen molar-refractivity contribution >= 4 is 44.5 Å². The van der Waals surface area contributed by atoms with Gasteiger partial charge in [0.05, 0.1) is 5.69 Å². The first-order chi connectivity index (χ1) is 8.97. The normalized spacial score (nSPS) is 10.3. The summed E-state index contributed by atoms with van der Waals surface area (Å²) < 4.78 is 14.2. The standard InChI is InChI=1S/C14H12BrFN2S/c1-8-2-4-11(15)13(6-8)18-12-5-3-9(16)7-10(12)14(17)19/h2-7,18H,1H3,(H2,17,19). The van der Waals surface area contributed by atoms with Crippen molar-refractivity contribution in [1.29, 1.82) is 0 Å². The number of halogens is 2. The maximum absolute atomic E-state index is 13.2. The molecule has 2 aromatic carbocycles. The molecule has 0 aliphatic heterocycles. The van der Waals surface area contributed by atoms with Crippen LogP contribution >= 0.6 is 28.1 Å². The Labute approximate surface area is 124 Å². The molecule has 2 nitrogen and oxygen atoms in total. The second-order valence-corrected chi connectivity index (χ2v) is 5.46. The molecule has 0 bridgehead atoms. The summed E-state index contributed by atoms with van der Waals surface area (Å²) in [6.07, 6.45) is 0. The molecular formula is C14H12BrFN2S. The van der Waals surface area contributed by atoms with Gasteiger partial charge in [-0.3, -0.25) is 0 Å². The van der Waals surface area contributed by atoms with E-state index in [2.05, 4.69) is 21.2 Å². The summed E-state index contributed by atoms with van der Waals surface area (Å²) in [6, 6.07) is 10.2. The van der Waals surface area contributed by atoms with E-state index in [9.17, 15) is 4.39 Å². The lowest BCUT2D eigenvalue weighted by Gasteiger charge is -2.13. The zero-order valence-corrected chi connectivity index (χ0v) is 12.6. The van der Waals surface area contributed by atoms with Gasteiger partial charge in [0.2, 0.25) is 0 Å². The number of thiocarbonyl (C=S) groups is 1. The molecule has 0 saturated heterocycles. The number of nitrogens with one attached hydrogen (secondary N) is 1. The molecule has 98 valence electrons. The van der Waals surface area contributed by atoms with E-state index < -0.39 is 0 Å². The van der Waals surface area contributed by atoms with Crippen LogP contribution in [0.1, 0.15) is 11.1 Å².